The number of anilines is 2. The van der Waals surface area contributed by atoms with E-state index in [9.17, 15) is 9.59 Å². The molecular formula is C16H16N2O3. The van der Waals surface area contributed by atoms with Crippen molar-refractivity contribution >= 4 is 34.1 Å². The van der Waals surface area contributed by atoms with Crippen LogP contribution in [0.1, 0.15) is 31.1 Å². The molecule has 0 bridgehead atoms. The Balaban J connectivity index is 2.00. The summed E-state index contributed by atoms with van der Waals surface area (Å²) >= 11 is 0. The van der Waals surface area contributed by atoms with Crippen molar-refractivity contribution in [2.45, 2.75) is 26.4 Å². The zero-order valence-electron chi connectivity index (χ0n) is 12.1. The molecule has 108 valence electrons. The molecule has 1 heterocycles. The Morgan fingerprint density at radius 2 is 1.95 bits per heavy atom. The van der Waals surface area contributed by atoms with Gasteiger partial charge in [0.2, 0.25) is 0 Å². The van der Waals surface area contributed by atoms with Gasteiger partial charge < -0.3 is 10.1 Å². The summed E-state index contributed by atoms with van der Waals surface area (Å²) in [6.45, 7) is 5.42. The van der Waals surface area contributed by atoms with E-state index in [0.717, 1.165) is 16.5 Å². The molecule has 0 unspecified atom stereocenters. The maximum absolute atomic E-state index is 11.9. The minimum absolute atomic E-state index is 0.120. The molecule has 5 nitrogen and oxygen atoms in total. The normalized spacial score (nSPS) is 13.2. The molecule has 0 fully saturated rings. The predicted molar refractivity (Wildman–Crippen MR) is 81.8 cm³/mol. The van der Waals surface area contributed by atoms with Gasteiger partial charge in [-0.15, -0.1) is 0 Å². The maximum atomic E-state index is 11.9. The van der Waals surface area contributed by atoms with Crippen molar-refractivity contribution in [1.29, 1.82) is 0 Å². The molecule has 0 atom stereocenters. The average Bonchev–Trinajstić information content (AvgIpc) is 2.68. The lowest BCUT2D eigenvalue weighted by molar-refractivity contribution is 0.0636. The quantitative estimate of drug-likeness (QED) is 0.838. The zero-order chi connectivity index (χ0) is 15.2. The number of amides is 2. The van der Waals surface area contributed by atoms with Crippen LogP contribution in [-0.2, 0) is 4.74 Å². The van der Waals surface area contributed by atoms with Crippen LogP contribution in [0.4, 0.5) is 16.2 Å². The van der Waals surface area contributed by atoms with Gasteiger partial charge in [-0.1, -0.05) is 12.1 Å². The largest absolute Gasteiger partial charge is 0.444 e. The summed E-state index contributed by atoms with van der Waals surface area (Å²) in [6, 6.07) is 8.98. The van der Waals surface area contributed by atoms with E-state index in [4.69, 9.17) is 4.74 Å². The Labute approximate surface area is 122 Å². The fourth-order valence-electron chi connectivity index (χ4n) is 2.41. The molecule has 1 aliphatic rings. The Kier molecular flexibility index (Phi) is 2.86. The van der Waals surface area contributed by atoms with Crippen LogP contribution in [0.2, 0.25) is 0 Å². The Morgan fingerprint density at radius 3 is 2.67 bits per heavy atom. The number of hydrogen-bond acceptors (Lipinski definition) is 3. The minimum Gasteiger partial charge on any atom is -0.444 e. The van der Waals surface area contributed by atoms with Gasteiger partial charge in [-0.3, -0.25) is 10.1 Å². The van der Waals surface area contributed by atoms with Gasteiger partial charge >= 0.3 is 6.09 Å². The molecule has 0 saturated carbocycles. The molecule has 5 heteroatoms. The first-order valence-corrected chi connectivity index (χ1v) is 6.72. The van der Waals surface area contributed by atoms with Crippen LogP contribution >= 0.6 is 0 Å². The predicted octanol–water partition coefficient (Wildman–Crippen LogP) is 3.75. The molecule has 1 aliphatic heterocycles. The molecule has 21 heavy (non-hydrogen) atoms. The molecule has 3 rings (SSSR count). The number of ether oxygens (including phenoxy) is 1. The number of nitrogens with one attached hydrogen (secondary N) is 2. The van der Waals surface area contributed by atoms with Crippen LogP contribution in [0.25, 0.3) is 10.8 Å². The van der Waals surface area contributed by atoms with Gasteiger partial charge in [-0.25, -0.2) is 4.79 Å². The van der Waals surface area contributed by atoms with E-state index >= 15 is 0 Å². The molecule has 0 spiro atoms. The SMILES string of the molecule is CC(C)(C)OC(=O)Nc1ccc2c3c(cccc13)NC2=O. The van der Waals surface area contributed by atoms with E-state index < -0.39 is 11.7 Å². The van der Waals surface area contributed by atoms with E-state index in [0.29, 0.717) is 11.3 Å². The average molecular weight is 284 g/mol. The van der Waals surface area contributed by atoms with E-state index in [1.807, 2.05) is 39.0 Å². The number of rotatable bonds is 1. The fourth-order valence-corrected chi connectivity index (χ4v) is 2.41. The lowest BCUT2D eigenvalue weighted by atomic mass is 10.0. The molecular weight excluding hydrogens is 268 g/mol. The third kappa shape index (κ3) is 2.42. The third-order valence-electron chi connectivity index (χ3n) is 3.17. The summed E-state index contributed by atoms with van der Waals surface area (Å²) in [6.07, 6.45) is -0.513. The monoisotopic (exact) mass is 284 g/mol. The second kappa shape index (κ2) is 4.48. The first-order valence-electron chi connectivity index (χ1n) is 6.72. The van der Waals surface area contributed by atoms with Crippen molar-refractivity contribution in [3.05, 3.63) is 35.9 Å². The first-order chi connectivity index (χ1) is 9.85. The van der Waals surface area contributed by atoms with Crippen molar-refractivity contribution in [1.82, 2.24) is 0 Å². The summed E-state index contributed by atoms with van der Waals surface area (Å²) < 4.78 is 5.26. The molecule has 2 aromatic carbocycles. The second-order valence-corrected chi connectivity index (χ2v) is 5.97. The van der Waals surface area contributed by atoms with Gasteiger partial charge in [-0.2, -0.15) is 0 Å². The van der Waals surface area contributed by atoms with Crippen molar-refractivity contribution in [3.8, 4) is 0 Å². The highest BCUT2D eigenvalue weighted by atomic mass is 16.6. The van der Waals surface area contributed by atoms with Gasteiger partial charge in [0.25, 0.3) is 5.91 Å². The van der Waals surface area contributed by atoms with Gasteiger partial charge in [0, 0.05) is 22.0 Å². The number of hydrogen-bond donors (Lipinski definition) is 2. The highest BCUT2D eigenvalue weighted by Crippen LogP contribution is 2.36. The number of benzene rings is 2. The van der Waals surface area contributed by atoms with Crippen LogP contribution < -0.4 is 10.6 Å². The minimum atomic E-state index is -0.559. The van der Waals surface area contributed by atoms with Gasteiger partial charge in [0.1, 0.15) is 5.60 Å². The van der Waals surface area contributed by atoms with Gasteiger partial charge in [-0.05, 0) is 39.0 Å². The summed E-state index contributed by atoms with van der Waals surface area (Å²) in [4.78, 5) is 23.7. The Bertz CT molecular complexity index is 760. The summed E-state index contributed by atoms with van der Waals surface area (Å²) in [5, 5.41) is 7.19. The first kappa shape index (κ1) is 13.4. The van der Waals surface area contributed by atoms with Crippen molar-refractivity contribution in [2.75, 3.05) is 10.6 Å². The number of carbonyl (C=O) groups excluding carboxylic acids is 2. The second-order valence-electron chi connectivity index (χ2n) is 5.97. The van der Waals surface area contributed by atoms with E-state index in [-0.39, 0.29) is 5.91 Å². The molecule has 2 N–H and O–H groups in total. The Hall–Kier alpha value is -2.56. The fraction of sp³-hybridized carbons (Fsp3) is 0.250. The molecule has 2 amide bonds. The van der Waals surface area contributed by atoms with Crippen LogP contribution in [0.15, 0.2) is 30.3 Å². The van der Waals surface area contributed by atoms with Crippen molar-refractivity contribution in [2.24, 2.45) is 0 Å². The third-order valence-corrected chi connectivity index (χ3v) is 3.17. The lowest BCUT2D eigenvalue weighted by Crippen LogP contribution is -2.27. The molecule has 0 radical (unpaired) electrons. The van der Waals surface area contributed by atoms with Crippen molar-refractivity contribution in [3.63, 3.8) is 0 Å². The summed E-state index contributed by atoms with van der Waals surface area (Å²) in [7, 11) is 0. The van der Waals surface area contributed by atoms with Crippen LogP contribution in [0.3, 0.4) is 0 Å². The van der Waals surface area contributed by atoms with Crippen LogP contribution in [0.5, 0.6) is 0 Å². The molecule has 0 saturated heterocycles. The topological polar surface area (TPSA) is 67.4 Å². The van der Waals surface area contributed by atoms with Crippen LogP contribution in [-0.4, -0.2) is 17.6 Å². The molecule has 2 aromatic rings. The van der Waals surface area contributed by atoms with Crippen molar-refractivity contribution < 1.29 is 14.3 Å². The maximum Gasteiger partial charge on any atom is 0.412 e. The standard InChI is InChI=1S/C16H16N2O3/c1-16(2,3)21-15(20)18-11-8-7-10-13-9(11)5-4-6-12(13)17-14(10)19/h4-8H,1-3H3,(H,17,19)(H,18,20). The lowest BCUT2D eigenvalue weighted by Gasteiger charge is -2.20. The van der Waals surface area contributed by atoms with Gasteiger partial charge in [0.05, 0.1) is 5.69 Å². The highest BCUT2D eigenvalue weighted by Gasteiger charge is 2.23. The molecule has 0 aromatic heterocycles. The number of carbonyl (C=O) groups is 2. The zero-order valence-corrected chi connectivity index (χ0v) is 12.1. The van der Waals surface area contributed by atoms with Gasteiger partial charge in [0.15, 0.2) is 0 Å². The van der Waals surface area contributed by atoms with E-state index in [1.165, 1.54) is 0 Å². The van der Waals surface area contributed by atoms with E-state index in [1.54, 1.807) is 12.1 Å². The summed E-state index contributed by atoms with van der Waals surface area (Å²) in [5.74, 6) is -0.120. The Morgan fingerprint density at radius 1 is 1.19 bits per heavy atom. The summed E-state index contributed by atoms with van der Waals surface area (Å²) in [5.41, 5.74) is 1.45. The van der Waals surface area contributed by atoms with Crippen LogP contribution in [0, 0.1) is 0 Å². The smallest absolute Gasteiger partial charge is 0.412 e. The highest BCUT2D eigenvalue weighted by molar-refractivity contribution is 6.26. The molecule has 0 aliphatic carbocycles. The van der Waals surface area contributed by atoms with E-state index in [2.05, 4.69) is 10.6 Å².